The van der Waals surface area contributed by atoms with Gasteiger partial charge in [-0.25, -0.2) is 4.79 Å². The molecule has 0 amide bonds. The number of anilines is 1. The Morgan fingerprint density at radius 3 is 2.67 bits per heavy atom. The van der Waals surface area contributed by atoms with Crippen LogP contribution in [0, 0.1) is 5.92 Å². The van der Waals surface area contributed by atoms with E-state index >= 15 is 0 Å². The predicted octanol–water partition coefficient (Wildman–Crippen LogP) is -2.32. The van der Waals surface area contributed by atoms with Crippen molar-refractivity contribution in [2.24, 2.45) is 5.92 Å². The van der Waals surface area contributed by atoms with Gasteiger partial charge in [-0.1, -0.05) is 0 Å². The van der Waals surface area contributed by atoms with Gasteiger partial charge in [0.2, 0.25) is 0 Å². The van der Waals surface area contributed by atoms with Crippen LogP contribution < -0.4 is 11.4 Å². The molecule has 8 nitrogen and oxygen atoms in total. The molecule has 0 aliphatic carbocycles. The number of ether oxygens (including phenoxy) is 1. The molecule has 1 aromatic rings. The van der Waals surface area contributed by atoms with E-state index in [9.17, 15) is 9.90 Å². The first-order valence-electron chi connectivity index (χ1n) is 5.48. The quantitative estimate of drug-likeness (QED) is 0.478. The Labute approximate surface area is 102 Å². The van der Waals surface area contributed by atoms with Crippen molar-refractivity contribution < 1.29 is 20.1 Å². The van der Waals surface area contributed by atoms with Gasteiger partial charge in [0.1, 0.15) is 11.9 Å². The molecule has 1 aliphatic heterocycles. The molecule has 2 heterocycles. The summed E-state index contributed by atoms with van der Waals surface area (Å²) in [6.45, 7) is -0.698. The zero-order valence-electron chi connectivity index (χ0n) is 9.51. The van der Waals surface area contributed by atoms with E-state index in [1.54, 1.807) is 0 Å². The highest BCUT2D eigenvalue weighted by atomic mass is 16.5. The lowest BCUT2D eigenvalue weighted by Crippen LogP contribution is -2.34. The Bertz CT molecular complexity index is 477. The van der Waals surface area contributed by atoms with Crippen molar-refractivity contribution >= 4 is 5.82 Å². The van der Waals surface area contributed by atoms with E-state index < -0.39 is 30.0 Å². The molecule has 0 spiro atoms. The number of rotatable bonds is 3. The maximum Gasteiger partial charge on any atom is 0.351 e. The van der Waals surface area contributed by atoms with Crippen LogP contribution in [-0.2, 0) is 4.74 Å². The SMILES string of the molecule is Nc1ccn([C@@H]2O[C@H](CO)[C@@H](CO)[C@H]2O)c(=O)n1. The summed E-state index contributed by atoms with van der Waals surface area (Å²) in [5, 5.41) is 28.2. The highest BCUT2D eigenvalue weighted by Crippen LogP contribution is 2.32. The van der Waals surface area contributed by atoms with Crippen molar-refractivity contribution in [3.05, 3.63) is 22.7 Å². The predicted molar refractivity (Wildman–Crippen MR) is 60.5 cm³/mol. The lowest BCUT2D eigenvalue weighted by Gasteiger charge is -2.17. The minimum Gasteiger partial charge on any atom is -0.396 e. The molecular weight excluding hydrogens is 242 g/mol. The molecule has 1 fully saturated rings. The van der Waals surface area contributed by atoms with Crippen molar-refractivity contribution in [2.75, 3.05) is 18.9 Å². The first kappa shape index (κ1) is 13.0. The summed E-state index contributed by atoms with van der Waals surface area (Å²) in [7, 11) is 0. The van der Waals surface area contributed by atoms with Crippen LogP contribution in [-0.4, -0.2) is 50.3 Å². The number of aliphatic hydroxyl groups is 3. The third kappa shape index (κ3) is 2.10. The first-order chi connectivity index (χ1) is 8.58. The topological polar surface area (TPSA) is 131 Å². The van der Waals surface area contributed by atoms with Crippen molar-refractivity contribution in [1.82, 2.24) is 9.55 Å². The van der Waals surface area contributed by atoms with Crippen LogP contribution in [0.15, 0.2) is 17.1 Å². The molecule has 0 unspecified atom stereocenters. The molecule has 1 aliphatic rings. The van der Waals surface area contributed by atoms with E-state index in [0.29, 0.717) is 0 Å². The maximum atomic E-state index is 11.6. The molecule has 4 atom stereocenters. The fraction of sp³-hybridized carbons (Fsp3) is 0.600. The Morgan fingerprint density at radius 1 is 1.44 bits per heavy atom. The zero-order chi connectivity index (χ0) is 13.3. The van der Waals surface area contributed by atoms with Crippen LogP contribution in [0.3, 0.4) is 0 Å². The summed E-state index contributed by atoms with van der Waals surface area (Å²) in [5.41, 5.74) is 4.70. The standard InChI is InChI=1S/C10H15N3O5/c11-7-1-2-13(10(17)12-7)9-8(16)5(3-14)6(4-15)18-9/h1-2,5-6,8-9,14-16H,3-4H2,(H2,11,12,17)/t5-,6-,8-,9-/m1/s1. The summed E-state index contributed by atoms with van der Waals surface area (Å²) >= 11 is 0. The molecule has 0 aromatic carbocycles. The summed E-state index contributed by atoms with van der Waals surface area (Å²) in [4.78, 5) is 15.1. The second kappa shape index (κ2) is 5.02. The molecule has 100 valence electrons. The minimum atomic E-state index is -1.10. The van der Waals surface area contributed by atoms with Crippen LogP contribution >= 0.6 is 0 Å². The van der Waals surface area contributed by atoms with Gasteiger partial charge < -0.3 is 25.8 Å². The largest absolute Gasteiger partial charge is 0.396 e. The van der Waals surface area contributed by atoms with Gasteiger partial charge in [0.05, 0.1) is 19.3 Å². The van der Waals surface area contributed by atoms with Crippen molar-refractivity contribution in [3.8, 4) is 0 Å². The van der Waals surface area contributed by atoms with Gasteiger partial charge in [0, 0.05) is 12.1 Å². The third-order valence-corrected chi connectivity index (χ3v) is 3.04. The molecule has 5 N–H and O–H groups in total. The van der Waals surface area contributed by atoms with Gasteiger partial charge >= 0.3 is 5.69 Å². The van der Waals surface area contributed by atoms with E-state index in [4.69, 9.17) is 20.7 Å². The summed E-state index contributed by atoms with van der Waals surface area (Å²) in [6.07, 6.45) is -1.46. The fourth-order valence-corrected chi connectivity index (χ4v) is 2.05. The minimum absolute atomic E-state index is 0.0705. The average Bonchev–Trinajstić information content (AvgIpc) is 2.66. The molecule has 0 bridgehead atoms. The lowest BCUT2D eigenvalue weighted by molar-refractivity contribution is -0.0537. The summed E-state index contributed by atoms with van der Waals surface area (Å²) in [5.74, 6) is -0.578. The van der Waals surface area contributed by atoms with Crippen molar-refractivity contribution in [2.45, 2.75) is 18.4 Å². The molecule has 1 saturated heterocycles. The highest BCUT2D eigenvalue weighted by molar-refractivity contribution is 5.23. The molecule has 0 radical (unpaired) electrons. The normalized spacial score (nSPS) is 31.7. The molecule has 8 heteroatoms. The van der Waals surface area contributed by atoms with Crippen LogP contribution in [0.5, 0.6) is 0 Å². The van der Waals surface area contributed by atoms with E-state index in [1.807, 2.05) is 0 Å². The Kier molecular flexibility index (Phi) is 3.62. The first-order valence-corrected chi connectivity index (χ1v) is 5.48. The number of nitrogen functional groups attached to an aromatic ring is 1. The van der Waals surface area contributed by atoms with Gasteiger partial charge in [-0.05, 0) is 6.07 Å². The van der Waals surface area contributed by atoms with Gasteiger partial charge in [-0.3, -0.25) is 4.57 Å². The van der Waals surface area contributed by atoms with Crippen LogP contribution in [0.25, 0.3) is 0 Å². The number of hydrogen-bond donors (Lipinski definition) is 4. The zero-order valence-corrected chi connectivity index (χ0v) is 9.51. The Balaban J connectivity index is 2.32. The van der Waals surface area contributed by atoms with Crippen LogP contribution in [0.4, 0.5) is 5.82 Å². The van der Waals surface area contributed by atoms with Gasteiger partial charge in [-0.15, -0.1) is 0 Å². The number of aromatic nitrogens is 2. The van der Waals surface area contributed by atoms with Gasteiger partial charge in [0.15, 0.2) is 6.23 Å². The molecule has 0 saturated carbocycles. The van der Waals surface area contributed by atoms with Crippen LogP contribution in [0.1, 0.15) is 6.23 Å². The Morgan fingerprint density at radius 2 is 2.17 bits per heavy atom. The second-order valence-electron chi connectivity index (χ2n) is 4.13. The highest BCUT2D eigenvalue weighted by Gasteiger charge is 2.44. The third-order valence-electron chi connectivity index (χ3n) is 3.04. The molecule has 2 rings (SSSR count). The van der Waals surface area contributed by atoms with Gasteiger partial charge in [0.25, 0.3) is 0 Å². The van der Waals surface area contributed by atoms with Gasteiger partial charge in [-0.2, -0.15) is 4.98 Å². The fourth-order valence-electron chi connectivity index (χ4n) is 2.05. The number of aliphatic hydroxyl groups excluding tert-OH is 3. The summed E-state index contributed by atoms with van der Waals surface area (Å²) in [6, 6.07) is 1.40. The van der Waals surface area contributed by atoms with Crippen molar-refractivity contribution in [1.29, 1.82) is 0 Å². The average molecular weight is 257 g/mol. The van der Waals surface area contributed by atoms with E-state index in [-0.39, 0.29) is 19.0 Å². The van der Waals surface area contributed by atoms with E-state index in [2.05, 4.69) is 4.98 Å². The van der Waals surface area contributed by atoms with Crippen molar-refractivity contribution in [3.63, 3.8) is 0 Å². The Hall–Kier alpha value is -1.48. The summed E-state index contributed by atoms with van der Waals surface area (Å²) < 4.78 is 6.44. The van der Waals surface area contributed by atoms with Crippen LogP contribution in [0.2, 0.25) is 0 Å². The van der Waals surface area contributed by atoms with E-state index in [1.165, 1.54) is 12.3 Å². The number of nitrogens with two attached hydrogens (primary N) is 1. The molecule has 18 heavy (non-hydrogen) atoms. The monoisotopic (exact) mass is 257 g/mol. The smallest absolute Gasteiger partial charge is 0.351 e. The second-order valence-corrected chi connectivity index (χ2v) is 4.13. The number of hydrogen-bond acceptors (Lipinski definition) is 7. The molecular formula is C10H15N3O5. The van der Waals surface area contributed by atoms with E-state index in [0.717, 1.165) is 4.57 Å². The number of nitrogens with zero attached hydrogens (tertiary/aromatic N) is 2. The molecule has 1 aromatic heterocycles. The maximum absolute atomic E-state index is 11.6. The lowest BCUT2D eigenvalue weighted by atomic mass is 9.99.